The van der Waals surface area contributed by atoms with Crippen LogP contribution in [0.4, 0.5) is 0 Å². The Morgan fingerprint density at radius 2 is 1.81 bits per heavy atom. The van der Waals surface area contributed by atoms with Gasteiger partial charge in [-0.1, -0.05) is 12.1 Å². The second kappa shape index (κ2) is 12.1. The molecule has 13 nitrogen and oxygen atoms in total. The molecule has 0 bridgehead atoms. The van der Waals surface area contributed by atoms with Gasteiger partial charge in [-0.05, 0) is 30.5 Å². The van der Waals surface area contributed by atoms with Gasteiger partial charge in [-0.2, -0.15) is 0 Å². The Kier molecular flexibility index (Phi) is 8.97. The lowest BCUT2D eigenvalue weighted by atomic mass is 10.0. The number of nitrogens with one attached hydrogen (secondary N) is 3. The van der Waals surface area contributed by atoms with Gasteiger partial charge in [-0.3, -0.25) is 14.4 Å². The van der Waals surface area contributed by atoms with E-state index in [0.717, 1.165) is 0 Å². The number of aromatic hydroxyl groups is 1. The number of carboxylic acid groups (broad SMARTS) is 1. The summed E-state index contributed by atoms with van der Waals surface area (Å²) in [4.78, 5) is 58.2. The summed E-state index contributed by atoms with van der Waals surface area (Å²) in [5.74, 6) is -3.23. The summed E-state index contributed by atoms with van der Waals surface area (Å²) in [5.41, 5.74) is 7.10. The van der Waals surface area contributed by atoms with Crippen LogP contribution in [-0.4, -0.2) is 91.2 Å². The van der Waals surface area contributed by atoms with Crippen LogP contribution in [0.25, 0.3) is 0 Å². The van der Waals surface area contributed by atoms with Gasteiger partial charge in [0.25, 0.3) is 0 Å². The Morgan fingerprint density at radius 3 is 2.42 bits per heavy atom. The Bertz CT molecular complexity index is 1060. The number of hydrogen-bond acceptors (Lipinski definition) is 8. The number of H-pyrrole nitrogens is 1. The van der Waals surface area contributed by atoms with Crippen molar-refractivity contribution in [3.8, 4) is 5.75 Å². The number of nitrogens with two attached hydrogens (primary N) is 1. The van der Waals surface area contributed by atoms with Crippen LogP contribution >= 0.6 is 0 Å². The van der Waals surface area contributed by atoms with E-state index in [2.05, 4.69) is 20.6 Å². The van der Waals surface area contributed by atoms with E-state index < -0.39 is 54.5 Å². The largest absolute Gasteiger partial charge is 0.508 e. The third-order valence-corrected chi connectivity index (χ3v) is 5.96. The number of aliphatic carboxylic acids is 1. The maximum atomic E-state index is 13.3. The molecule has 1 aromatic heterocycles. The maximum absolute atomic E-state index is 13.3. The molecule has 36 heavy (non-hydrogen) atoms. The number of amides is 3. The smallest absolute Gasteiger partial charge is 0.326 e. The number of hydrogen-bond donors (Lipinski definition) is 7. The summed E-state index contributed by atoms with van der Waals surface area (Å²) in [5, 5.41) is 33.7. The molecule has 4 atom stereocenters. The highest BCUT2D eigenvalue weighted by atomic mass is 16.4. The molecule has 2 heterocycles. The van der Waals surface area contributed by atoms with E-state index in [0.29, 0.717) is 24.1 Å². The van der Waals surface area contributed by atoms with E-state index in [-0.39, 0.29) is 25.1 Å². The highest BCUT2D eigenvalue weighted by Crippen LogP contribution is 2.20. The quantitative estimate of drug-likeness (QED) is 0.186. The van der Waals surface area contributed by atoms with Crippen molar-refractivity contribution in [1.82, 2.24) is 25.5 Å². The number of aliphatic hydroxyl groups excluding tert-OH is 1. The van der Waals surface area contributed by atoms with Gasteiger partial charge in [0.2, 0.25) is 17.7 Å². The maximum Gasteiger partial charge on any atom is 0.326 e. The molecule has 3 rings (SSSR count). The zero-order valence-corrected chi connectivity index (χ0v) is 19.5. The van der Waals surface area contributed by atoms with E-state index in [9.17, 15) is 34.5 Å². The minimum absolute atomic E-state index is 0.000868. The van der Waals surface area contributed by atoms with Crippen molar-refractivity contribution in [2.45, 2.75) is 49.9 Å². The lowest BCUT2D eigenvalue weighted by molar-refractivity contribution is -0.149. The lowest BCUT2D eigenvalue weighted by Crippen LogP contribution is -2.58. The average molecular weight is 503 g/mol. The van der Waals surface area contributed by atoms with Crippen molar-refractivity contribution in [2.75, 3.05) is 13.2 Å². The van der Waals surface area contributed by atoms with Gasteiger partial charge in [-0.15, -0.1) is 0 Å². The molecule has 1 aliphatic rings. The minimum Gasteiger partial charge on any atom is -0.508 e. The van der Waals surface area contributed by atoms with Crippen molar-refractivity contribution in [1.29, 1.82) is 0 Å². The predicted octanol–water partition coefficient (Wildman–Crippen LogP) is -1.73. The fourth-order valence-electron chi connectivity index (χ4n) is 4.03. The number of likely N-dealkylation sites (tertiary alicyclic amines) is 1. The number of phenolic OH excluding ortho intramolecular Hbond substituents is 1. The van der Waals surface area contributed by atoms with Crippen LogP contribution < -0.4 is 16.4 Å². The number of nitrogens with zero attached hydrogens (tertiary/aromatic N) is 2. The average Bonchev–Trinajstić information content (AvgIpc) is 3.55. The van der Waals surface area contributed by atoms with Crippen LogP contribution in [-0.2, 0) is 32.0 Å². The summed E-state index contributed by atoms with van der Waals surface area (Å²) >= 11 is 0. The predicted molar refractivity (Wildman–Crippen MR) is 125 cm³/mol. The molecule has 1 saturated heterocycles. The van der Waals surface area contributed by atoms with Crippen LogP contribution in [0.15, 0.2) is 36.8 Å². The number of carboxylic acids is 1. The van der Waals surface area contributed by atoms with Crippen LogP contribution in [0.1, 0.15) is 24.1 Å². The molecule has 1 fully saturated rings. The lowest BCUT2D eigenvalue weighted by Gasteiger charge is -2.28. The second-order valence-corrected chi connectivity index (χ2v) is 8.59. The molecule has 2 aromatic rings. The van der Waals surface area contributed by atoms with Crippen molar-refractivity contribution >= 4 is 23.7 Å². The molecule has 0 aliphatic carbocycles. The fourth-order valence-corrected chi connectivity index (χ4v) is 4.03. The van der Waals surface area contributed by atoms with Crippen LogP contribution in [0.3, 0.4) is 0 Å². The van der Waals surface area contributed by atoms with E-state index in [4.69, 9.17) is 5.73 Å². The van der Waals surface area contributed by atoms with Crippen molar-refractivity contribution < 1.29 is 34.5 Å². The summed E-state index contributed by atoms with van der Waals surface area (Å²) in [6.45, 7) is -0.531. The van der Waals surface area contributed by atoms with Crippen LogP contribution in [0, 0.1) is 0 Å². The topological polar surface area (TPSA) is 211 Å². The number of benzene rings is 1. The van der Waals surface area contributed by atoms with Crippen molar-refractivity contribution in [2.24, 2.45) is 5.73 Å². The van der Waals surface area contributed by atoms with Gasteiger partial charge < -0.3 is 41.6 Å². The van der Waals surface area contributed by atoms with Gasteiger partial charge in [0, 0.05) is 31.3 Å². The molecule has 3 amide bonds. The number of imidazole rings is 1. The summed E-state index contributed by atoms with van der Waals surface area (Å²) in [6, 6.07) is 1.38. The Balaban J connectivity index is 1.72. The molecule has 194 valence electrons. The van der Waals surface area contributed by atoms with Crippen molar-refractivity contribution in [3.05, 3.63) is 48.0 Å². The van der Waals surface area contributed by atoms with E-state index in [1.54, 1.807) is 12.1 Å². The Hall–Kier alpha value is -3.97. The number of rotatable bonds is 11. The highest BCUT2D eigenvalue weighted by molar-refractivity contribution is 5.94. The monoisotopic (exact) mass is 502 g/mol. The first kappa shape index (κ1) is 26.6. The normalized spacial score (nSPS) is 17.7. The summed E-state index contributed by atoms with van der Waals surface area (Å²) in [6.07, 6.45) is 3.87. The molecule has 0 radical (unpaired) electrons. The first-order valence-electron chi connectivity index (χ1n) is 11.4. The molecule has 4 unspecified atom stereocenters. The van der Waals surface area contributed by atoms with E-state index >= 15 is 0 Å². The number of aliphatic hydroxyl groups is 1. The molecule has 1 aromatic carbocycles. The van der Waals surface area contributed by atoms with Gasteiger partial charge in [0.05, 0.1) is 19.0 Å². The molecule has 0 spiro atoms. The molecule has 8 N–H and O–H groups in total. The Morgan fingerprint density at radius 1 is 1.11 bits per heavy atom. The number of carbonyl (C=O) groups is 4. The number of aromatic amines is 1. The zero-order valence-electron chi connectivity index (χ0n) is 19.5. The summed E-state index contributed by atoms with van der Waals surface area (Å²) in [7, 11) is 0. The van der Waals surface area contributed by atoms with Gasteiger partial charge in [-0.25, -0.2) is 9.78 Å². The number of aromatic nitrogens is 2. The third-order valence-electron chi connectivity index (χ3n) is 5.96. The first-order valence-corrected chi connectivity index (χ1v) is 11.4. The molecule has 1 aliphatic heterocycles. The SMILES string of the molecule is NC(Cc1cnc[nH]1)C(=O)NC(CO)C(=O)NC(Cc1ccc(O)cc1)C(=O)N1CCCC1C(=O)O. The van der Waals surface area contributed by atoms with Crippen LogP contribution in [0.5, 0.6) is 5.75 Å². The van der Waals surface area contributed by atoms with Gasteiger partial charge in [0.15, 0.2) is 0 Å². The molecule has 0 saturated carbocycles. The van der Waals surface area contributed by atoms with Crippen LogP contribution in [0.2, 0.25) is 0 Å². The number of phenols is 1. The number of carbonyl (C=O) groups excluding carboxylic acids is 3. The highest BCUT2D eigenvalue weighted by Gasteiger charge is 2.38. The van der Waals surface area contributed by atoms with Gasteiger partial charge >= 0.3 is 5.97 Å². The molecular formula is C23H30N6O7. The molecule has 13 heteroatoms. The van der Waals surface area contributed by atoms with Crippen molar-refractivity contribution in [3.63, 3.8) is 0 Å². The third kappa shape index (κ3) is 6.79. The minimum atomic E-state index is -1.39. The van der Waals surface area contributed by atoms with E-state index in [1.807, 2.05) is 0 Å². The first-order chi connectivity index (χ1) is 17.2. The van der Waals surface area contributed by atoms with E-state index in [1.165, 1.54) is 29.6 Å². The van der Waals surface area contributed by atoms with Gasteiger partial charge in [0.1, 0.15) is 23.9 Å². The Labute approximate surface area is 206 Å². The standard InChI is InChI=1S/C23H30N6O7/c24-16(9-14-10-25-12-26-14)20(32)28-18(11-30)21(33)27-17(8-13-3-5-15(31)6-4-13)22(34)29-7-1-2-19(29)23(35)36/h3-6,10,12,16-19,30-31H,1-2,7-9,11,24H2,(H,25,26)(H,27,33)(H,28,32)(H,35,36). The zero-order chi connectivity index (χ0) is 26.2. The summed E-state index contributed by atoms with van der Waals surface area (Å²) < 4.78 is 0. The second-order valence-electron chi connectivity index (χ2n) is 8.59. The molecular weight excluding hydrogens is 472 g/mol. The fraction of sp³-hybridized carbons (Fsp3) is 0.435.